The summed E-state index contributed by atoms with van der Waals surface area (Å²) in [6.07, 6.45) is 1.03. The number of ether oxygens (including phenoxy) is 1. The van der Waals surface area contributed by atoms with E-state index in [1.807, 2.05) is 36.4 Å². The van der Waals surface area contributed by atoms with Crippen LogP contribution in [0.3, 0.4) is 0 Å². The van der Waals surface area contributed by atoms with Gasteiger partial charge in [-0.25, -0.2) is 0 Å². The molecule has 0 aromatic heterocycles. The van der Waals surface area contributed by atoms with Crippen molar-refractivity contribution >= 4 is 11.6 Å². The maximum atomic E-state index is 12.3. The number of anilines is 1. The molecule has 6 heteroatoms. The number of carbonyl (C=O) groups is 1. The van der Waals surface area contributed by atoms with Crippen molar-refractivity contribution in [1.29, 1.82) is 0 Å². The minimum Gasteiger partial charge on any atom is -0.496 e. The Hall–Kier alpha value is -3.35. The number of nitrogens with one attached hydrogen (secondary N) is 1. The number of nitrogens with zero attached hydrogens (tertiary/aromatic N) is 2. The van der Waals surface area contributed by atoms with E-state index in [-0.39, 0.29) is 24.6 Å². The molecule has 3 atom stereocenters. The van der Waals surface area contributed by atoms with Crippen molar-refractivity contribution in [2.45, 2.75) is 25.0 Å². The van der Waals surface area contributed by atoms with E-state index < -0.39 is 0 Å². The van der Waals surface area contributed by atoms with Gasteiger partial charge in [-0.05, 0) is 60.0 Å². The molecule has 2 N–H and O–H groups in total. The molecule has 0 unspecified atom stereocenters. The first kappa shape index (κ1) is 23.4. The molecule has 0 spiro atoms. The Balaban J connectivity index is 1.49. The van der Waals surface area contributed by atoms with Gasteiger partial charge in [-0.2, -0.15) is 0 Å². The molecular formula is C29H33N3O3. The summed E-state index contributed by atoms with van der Waals surface area (Å²) in [5.74, 6) is 1.24. The molecule has 0 radical (unpaired) electrons. The number of aliphatic hydroxyl groups is 1. The van der Waals surface area contributed by atoms with Gasteiger partial charge >= 0.3 is 0 Å². The third-order valence-corrected chi connectivity index (χ3v) is 7.41. The van der Waals surface area contributed by atoms with Crippen LogP contribution in [-0.2, 0) is 6.54 Å². The van der Waals surface area contributed by atoms with Crippen LogP contribution < -0.4 is 10.1 Å². The fourth-order valence-electron chi connectivity index (χ4n) is 5.63. The highest BCUT2D eigenvalue weighted by Crippen LogP contribution is 2.48. The number of para-hydroxylation sites is 1. The van der Waals surface area contributed by atoms with Crippen LogP contribution in [0, 0.1) is 5.92 Å². The Morgan fingerprint density at radius 1 is 1.09 bits per heavy atom. The second kappa shape index (κ2) is 9.72. The fraction of sp³-hybridized carbons (Fsp3) is 0.345. The molecule has 35 heavy (non-hydrogen) atoms. The highest BCUT2D eigenvalue weighted by atomic mass is 16.5. The van der Waals surface area contributed by atoms with Gasteiger partial charge in [0.2, 0.25) is 0 Å². The molecule has 1 fully saturated rings. The zero-order valence-electron chi connectivity index (χ0n) is 20.6. The lowest BCUT2D eigenvalue weighted by molar-refractivity contribution is 0.0827. The number of methoxy groups -OCH3 is 1. The lowest BCUT2D eigenvalue weighted by Gasteiger charge is -2.39. The lowest BCUT2D eigenvalue weighted by Crippen LogP contribution is -2.41. The first-order valence-corrected chi connectivity index (χ1v) is 12.2. The summed E-state index contributed by atoms with van der Waals surface area (Å²) in [4.78, 5) is 16.4. The van der Waals surface area contributed by atoms with Gasteiger partial charge in [0.05, 0.1) is 19.8 Å². The first-order chi connectivity index (χ1) is 17.0. The van der Waals surface area contributed by atoms with E-state index in [1.165, 1.54) is 11.1 Å². The minimum absolute atomic E-state index is 0.00187. The lowest BCUT2D eigenvalue weighted by atomic mass is 9.82. The molecule has 3 aromatic rings. The van der Waals surface area contributed by atoms with Crippen molar-refractivity contribution in [3.8, 4) is 16.9 Å². The van der Waals surface area contributed by atoms with Crippen molar-refractivity contribution in [3.63, 3.8) is 0 Å². The summed E-state index contributed by atoms with van der Waals surface area (Å²) in [6, 6.07) is 22.8. The van der Waals surface area contributed by atoms with Gasteiger partial charge in [0, 0.05) is 49.4 Å². The van der Waals surface area contributed by atoms with Crippen molar-refractivity contribution < 1.29 is 14.6 Å². The van der Waals surface area contributed by atoms with E-state index in [9.17, 15) is 9.90 Å². The number of aliphatic hydroxyl groups excluding tert-OH is 1. The topological polar surface area (TPSA) is 65.0 Å². The van der Waals surface area contributed by atoms with Crippen molar-refractivity contribution in [2.24, 2.45) is 5.92 Å². The minimum atomic E-state index is 0.00187. The predicted octanol–water partition coefficient (Wildman–Crippen LogP) is 4.41. The van der Waals surface area contributed by atoms with Crippen molar-refractivity contribution in [1.82, 2.24) is 9.80 Å². The van der Waals surface area contributed by atoms with Gasteiger partial charge in [0.15, 0.2) is 0 Å². The third kappa shape index (κ3) is 4.40. The number of benzene rings is 3. The standard InChI is InChI=1S/C29H33N3O3/c1-31(2)29(34)20-10-8-19(9-11-20)21-12-13-25-24(16-21)28-23(26(18-33)30-25)14-15-32(28)17-22-6-4-5-7-27(22)35-3/h4-13,16,23,26,28,30,33H,14-15,17-18H2,1-3H3/t23-,26+,28-/m0/s1. The Morgan fingerprint density at radius 2 is 1.83 bits per heavy atom. The van der Waals surface area contributed by atoms with E-state index in [4.69, 9.17) is 4.74 Å². The summed E-state index contributed by atoms with van der Waals surface area (Å²) < 4.78 is 5.62. The molecule has 2 aliphatic rings. The van der Waals surface area contributed by atoms with Crippen LogP contribution in [-0.4, -0.2) is 61.2 Å². The largest absolute Gasteiger partial charge is 0.496 e. The highest BCUT2D eigenvalue weighted by Gasteiger charge is 2.44. The molecule has 0 saturated carbocycles. The highest BCUT2D eigenvalue weighted by molar-refractivity contribution is 5.94. The Morgan fingerprint density at radius 3 is 2.54 bits per heavy atom. The quantitative estimate of drug-likeness (QED) is 0.558. The van der Waals surface area contributed by atoms with E-state index in [0.717, 1.165) is 42.1 Å². The average Bonchev–Trinajstić information content (AvgIpc) is 3.32. The average molecular weight is 472 g/mol. The molecule has 2 aliphatic heterocycles. The van der Waals surface area contributed by atoms with Crippen LogP contribution in [0.1, 0.15) is 33.9 Å². The summed E-state index contributed by atoms with van der Waals surface area (Å²) in [7, 11) is 5.25. The van der Waals surface area contributed by atoms with Crippen LogP contribution >= 0.6 is 0 Å². The Bertz CT molecular complexity index is 1210. The molecule has 0 bridgehead atoms. The normalized spacial score (nSPS) is 21.1. The number of carbonyl (C=O) groups excluding carboxylic acids is 1. The third-order valence-electron chi connectivity index (χ3n) is 7.41. The predicted molar refractivity (Wildman–Crippen MR) is 139 cm³/mol. The number of amides is 1. The number of likely N-dealkylation sites (tertiary alicyclic amines) is 1. The van der Waals surface area contributed by atoms with Gasteiger partial charge < -0.3 is 20.1 Å². The second-order valence-electron chi connectivity index (χ2n) is 9.69. The molecule has 0 aliphatic carbocycles. The van der Waals surface area contributed by atoms with Gasteiger partial charge in [-0.15, -0.1) is 0 Å². The SMILES string of the molecule is COc1ccccc1CN1CC[C@@H]2[C@H]1c1cc(-c3ccc(C(=O)N(C)C)cc3)ccc1N[C@@H]2CO. The van der Waals surface area contributed by atoms with Crippen LogP contribution in [0.15, 0.2) is 66.7 Å². The van der Waals surface area contributed by atoms with Gasteiger partial charge in [0.25, 0.3) is 5.91 Å². The van der Waals surface area contributed by atoms with Crippen molar-refractivity contribution in [3.05, 3.63) is 83.4 Å². The fourth-order valence-corrected chi connectivity index (χ4v) is 5.63. The second-order valence-corrected chi connectivity index (χ2v) is 9.69. The maximum absolute atomic E-state index is 12.3. The van der Waals surface area contributed by atoms with Crippen LogP contribution in [0.4, 0.5) is 5.69 Å². The molecule has 2 heterocycles. The molecule has 5 rings (SSSR count). The molecule has 182 valence electrons. The number of hydrogen-bond donors (Lipinski definition) is 2. The molecule has 1 saturated heterocycles. The summed E-state index contributed by atoms with van der Waals surface area (Å²) in [5.41, 5.74) is 6.41. The summed E-state index contributed by atoms with van der Waals surface area (Å²) in [6.45, 7) is 1.89. The van der Waals surface area contributed by atoms with Crippen LogP contribution in [0.5, 0.6) is 5.75 Å². The number of hydrogen-bond acceptors (Lipinski definition) is 5. The first-order valence-electron chi connectivity index (χ1n) is 12.2. The zero-order valence-corrected chi connectivity index (χ0v) is 20.6. The van der Waals surface area contributed by atoms with Gasteiger partial charge in [-0.3, -0.25) is 9.69 Å². The van der Waals surface area contributed by atoms with Crippen molar-refractivity contribution in [2.75, 3.05) is 39.7 Å². The van der Waals surface area contributed by atoms with Crippen LogP contribution in [0.2, 0.25) is 0 Å². The summed E-state index contributed by atoms with van der Waals surface area (Å²) in [5, 5.41) is 13.7. The van der Waals surface area contributed by atoms with E-state index >= 15 is 0 Å². The maximum Gasteiger partial charge on any atom is 0.253 e. The Kier molecular flexibility index (Phi) is 6.50. The zero-order chi connectivity index (χ0) is 24.5. The smallest absolute Gasteiger partial charge is 0.253 e. The summed E-state index contributed by atoms with van der Waals surface area (Å²) >= 11 is 0. The number of rotatable bonds is 6. The van der Waals surface area contributed by atoms with E-state index in [1.54, 1.807) is 26.1 Å². The monoisotopic (exact) mass is 471 g/mol. The molecule has 3 aromatic carbocycles. The molecule has 1 amide bonds. The molecule has 6 nitrogen and oxygen atoms in total. The van der Waals surface area contributed by atoms with Crippen LogP contribution in [0.25, 0.3) is 11.1 Å². The van der Waals surface area contributed by atoms with Gasteiger partial charge in [0.1, 0.15) is 5.75 Å². The van der Waals surface area contributed by atoms with E-state index in [2.05, 4.69) is 40.5 Å². The van der Waals surface area contributed by atoms with E-state index in [0.29, 0.717) is 11.5 Å². The van der Waals surface area contributed by atoms with Gasteiger partial charge in [-0.1, -0.05) is 36.4 Å². The Labute approximate surface area is 207 Å². The molecular weight excluding hydrogens is 438 g/mol. The number of fused-ring (bicyclic) bond motifs is 3.